The van der Waals surface area contributed by atoms with E-state index in [4.69, 9.17) is 11.6 Å². The first kappa shape index (κ1) is 14.0. The number of fused-ring (bicyclic) bond motifs is 2. The molecule has 1 aromatic carbocycles. The monoisotopic (exact) mass is 340 g/mol. The van der Waals surface area contributed by atoms with Gasteiger partial charge in [0.05, 0.1) is 20.7 Å². The second-order valence-electron chi connectivity index (χ2n) is 4.15. The second-order valence-corrected chi connectivity index (χ2v) is 8.64. The van der Waals surface area contributed by atoms with Crippen LogP contribution >= 0.6 is 35.1 Å². The SMILES string of the molecule is O=S(=O)(NN1[C@@H]2CS[C@H]1CS2)c1ccc(F)c(Cl)c1. The van der Waals surface area contributed by atoms with Crippen molar-refractivity contribution in [3.8, 4) is 0 Å². The largest absolute Gasteiger partial charge is 0.253 e. The quantitative estimate of drug-likeness (QED) is 0.913. The minimum Gasteiger partial charge on any atom is -0.206 e. The highest BCUT2D eigenvalue weighted by atomic mass is 35.5. The zero-order valence-electron chi connectivity index (χ0n) is 9.55. The zero-order valence-corrected chi connectivity index (χ0v) is 12.8. The first-order valence-corrected chi connectivity index (χ1v) is 9.42. The van der Waals surface area contributed by atoms with Crippen LogP contribution in [0.1, 0.15) is 0 Å². The van der Waals surface area contributed by atoms with E-state index in [1.807, 2.05) is 0 Å². The fourth-order valence-electron chi connectivity index (χ4n) is 1.94. The summed E-state index contributed by atoms with van der Waals surface area (Å²) in [4.78, 5) is 2.54. The lowest BCUT2D eigenvalue weighted by atomic mass is 10.3. The Bertz CT molecular complexity index is 593. The van der Waals surface area contributed by atoms with Crippen LogP contribution in [0.3, 0.4) is 0 Å². The molecule has 0 saturated carbocycles. The molecule has 1 N–H and O–H groups in total. The highest BCUT2D eigenvalue weighted by Gasteiger charge is 2.43. The number of hydrogen-bond donors (Lipinski definition) is 1. The van der Waals surface area contributed by atoms with Crippen LogP contribution in [0.15, 0.2) is 23.1 Å². The van der Waals surface area contributed by atoms with Crippen molar-refractivity contribution in [3.05, 3.63) is 29.0 Å². The van der Waals surface area contributed by atoms with Crippen molar-refractivity contribution in [1.82, 2.24) is 9.84 Å². The Labute approximate surface area is 124 Å². The Hall–Kier alpha value is 0.01000. The van der Waals surface area contributed by atoms with Gasteiger partial charge in [0.2, 0.25) is 0 Å². The van der Waals surface area contributed by atoms with Gasteiger partial charge in [-0.15, -0.1) is 28.4 Å². The topological polar surface area (TPSA) is 49.4 Å². The number of sulfonamides is 1. The van der Waals surface area contributed by atoms with Crippen LogP contribution in [0, 0.1) is 5.82 Å². The van der Waals surface area contributed by atoms with E-state index in [0.717, 1.165) is 23.6 Å². The third-order valence-corrected chi connectivity index (χ3v) is 7.52. The summed E-state index contributed by atoms with van der Waals surface area (Å²) in [5, 5.41) is 1.89. The van der Waals surface area contributed by atoms with Gasteiger partial charge in [-0.3, -0.25) is 0 Å². The van der Waals surface area contributed by atoms with Gasteiger partial charge in [-0.25, -0.2) is 17.8 Å². The number of rotatable bonds is 3. The smallest absolute Gasteiger partial charge is 0.206 e. The summed E-state index contributed by atoms with van der Waals surface area (Å²) in [7, 11) is -3.71. The van der Waals surface area contributed by atoms with E-state index in [-0.39, 0.29) is 20.7 Å². The number of halogens is 2. The molecule has 2 aliphatic heterocycles. The third kappa shape index (κ3) is 2.62. The molecular weight excluding hydrogens is 331 g/mol. The van der Waals surface area contributed by atoms with Gasteiger partial charge in [-0.05, 0) is 18.2 Å². The number of thioether (sulfide) groups is 2. The van der Waals surface area contributed by atoms with Gasteiger partial charge in [0.1, 0.15) is 5.82 Å². The molecule has 0 spiro atoms. The molecule has 2 aliphatic rings. The molecule has 104 valence electrons. The third-order valence-electron chi connectivity index (χ3n) is 2.91. The molecule has 2 bridgehead atoms. The van der Waals surface area contributed by atoms with Gasteiger partial charge in [0, 0.05) is 11.5 Å². The summed E-state index contributed by atoms with van der Waals surface area (Å²) >= 11 is 9.08. The van der Waals surface area contributed by atoms with E-state index in [1.165, 1.54) is 6.07 Å². The number of hydrazine groups is 1. The molecule has 2 heterocycles. The van der Waals surface area contributed by atoms with Gasteiger partial charge in [0.15, 0.2) is 0 Å². The Morgan fingerprint density at radius 2 is 1.95 bits per heavy atom. The van der Waals surface area contributed by atoms with Gasteiger partial charge in [0.25, 0.3) is 10.0 Å². The van der Waals surface area contributed by atoms with Crippen LogP contribution in [0.2, 0.25) is 5.02 Å². The van der Waals surface area contributed by atoms with Crippen molar-refractivity contribution >= 4 is 45.1 Å². The maximum absolute atomic E-state index is 13.1. The van der Waals surface area contributed by atoms with E-state index < -0.39 is 15.8 Å². The van der Waals surface area contributed by atoms with E-state index in [0.29, 0.717) is 0 Å². The molecule has 1 aromatic rings. The number of hydrogen-bond acceptors (Lipinski definition) is 5. The Balaban J connectivity index is 1.84. The van der Waals surface area contributed by atoms with E-state index in [9.17, 15) is 12.8 Å². The molecule has 0 amide bonds. The lowest BCUT2D eigenvalue weighted by molar-refractivity contribution is 0.261. The molecule has 0 unspecified atom stereocenters. The summed E-state index contributed by atoms with van der Waals surface area (Å²) in [5.74, 6) is 1.18. The summed E-state index contributed by atoms with van der Waals surface area (Å²) < 4.78 is 37.5. The molecule has 0 radical (unpaired) electrons. The minimum absolute atomic E-state index is 0.0276. The number of nitrogens with one attached hydrogen (secondary N) is 1. The van der Waals surface area contributed by atoms with Crippen LogP contribution < -0.4 is 4.83 Å². The Kier molecular flexibility index (Phi) is 3.74. The first-order chi connectivity index (χ1) is 8.97. The van der Waals surface area contributed by atoms with E-state index in [2.05, 4.69) is 4.83 Å². The predicted octanol–water partition coefficient (Wildman–Crippen LogP) is 2.12. The van der Waals surface area contributed by atoms with Crippen molar-refractivity contribution < 1.29 is 12.8 Å². The van der Waals surface area contributed by atoms with E-state index in [1.54, 1.807) is 28.5 Å². The van der Waals surface area contributed by atoms with Crippen molar-refractivity contribution in [2.24, 2.45) is 0 Å². The zero-order chi connectivity index (χ0) is 13.6. The van der Waals surface area contributed by atoms with Crippen molar-refractivity contribution in [2.75, 3.05) is 11.5 Å². The Morgan fingerprint density at radius 3 is 2.47 bits per heavy atom. The second kappa shape index (κ2) is 5.09. The Morgan fingerprint density at radius 1 is 1.32 bits per heavy atom. The molecule has 2 fully saturated rings. The van der Waals surface area contributed by atoms with Crippen molar-refractivity contribution in [3.63, 3.8) is 0 Å². The first-order valence-electron chi connectivity index (χ1n) is 5.46. The molecule has 2 atom stereocenters. The van der Waals surface area contributed by atoms with Crippen molar-refractivity contribution in [2.45, 2.75) is 15.6 Å². The highest BCUT2D eigenvalue weighted by molar-refractivity contribution is 8.07. The average molecular weight is 341 g/mol. The summed E-state index contributed by atoms with van der Waals surface area (Å²) in [6, 6.07) is 3.39. The van der Waals surface area contributed by atoms with Crippen LogP contribution in [-0.2, 0) is 10.0 Å². The van der Waals surface area contributed by atoms with Gasteiger partial charge in [-0.1, -0.05) is 11.6 Å². The fraction of sp³-hybridized carbons (Fsp3) is 0.400. The maximum atomic E-state index is 13.1. The summed E-state index contributed by atoms with van der Waals surface area (Å²) in [6.07, 6.45) is 0. The molecule has 3 rings (SSSR count). The van der Waals surface area contributed by atoms with Gasteiger partial charge < -0.3 is 0 Å². The maximum Gasteiger partial charge on any atom is 0.253 e. The average Bonchev–Trinajstić information content (AvgIpc) is 2.92. The summed E-state index contributed by atoms with van der Waals surface area (Å²) in [6.45, 7) is 0. The molecule has 0 aliphatic carbocycles. The lowest BCUT2D eigenvalue weighted by Crippen LogP contribution is -2.45. The summed E-state index contributed by atoms with van der Waals surface area (Å²) in [5.41, 5.74) is 0. The van der Waals surface area contributed by atoms with Crippen molar-refractivity contribution in [1.29, 1.82) is 0 Å². The van der Waals surface area contributed by atoms with Gasteiger partial charge in [-0.2, -0.15) is 0 Å². The molecule has 2 saturated heterocycles. The normalized spacial score (nSPS) is 27.1. The fourth-order valence-corrected chi connectivity index (χ4v) is 6.61. The minimum atomic E-state index is -3.71. The molecule has 19 heavy (non-hydrogen) atoms. The highest BCUT2D eigenvalue weighted by Crippen LogP contribution is 2.42. The van der Waals surface area contributed by atoms with Crippen LogP contribution in [-0.4, -0.2) is 35.7 Å². The number of benzene rings is 1. The molecule has 0 aromatic heterocycles. The van der Waals surface area contributed by atoms with Crippen LogP contribution in [0.4, 0.5) is 4.39 Å². The lowest BCUT2D eigenvalue weighted by Gasteiger charge is -2.20. The molecule has 9 heteroatoms. The van der Waals surface area contributed by atoms with Crippen LogP contribution in [0.25, 0.3) is 0 Å². The molecular formula is C10H10ClFN2O2S3. The van der Waals surface area contributed by atoms with Gasteiger partial charge >= 0.3 is 0 Å². The predicted molar refractivity (Wildman–Crippen MR) is 76.1 cm³/mol. The van der Waals surface area contributed by atoms with Crippen LogP contribution in [0.5, 0.6) is 0 Å². The number of nitrogens with zero attached hydrogens (tertiary/aromatic N) is 1. The standard InChI is InChI=1S/C10H10ClFN2O2S3/c11-7-3-6(1-2-8(7)12)19(15,16)13-14-9-4-17-10(14)5-18-9/h1-3,9-10,13H,4-5H2/t9-,10-/m0/s1. The van der Waals surface area contributed by atoms with E-state index >= 15 is 0 Å². The molecule has 4 nitrogen and oxygen atoms in total.